The Balaban J connectivity index is 0.00000243. The van der Waals surface area contributed by atoms with Crippen molar-refractivity contribution in [1.82, 2.24) is 25.4 Å². The summed E-state index contributed by atoms with van der Waals surface area (Å²) in [4.78, 5) is 25.4. The van der Waals surface area contributed by atoms with Gasteiger partial charge < -0.3 is 15.2 Å². The molecular formula is C17H24ClN5O2S. The number of amides is 1. The van der Waals surface area contributed by atoms with Gasteiger partial charge in [0.05, 0.1) is 0 Å². The van der Waals surface area contributed by atoms with E-state index in [9.17, 15) is 9.59 Å². The molecule has 0 radical (unpaired) electrons. The predicted molar refractivity (Wildman–Crippen MR) is 105 cm³/mol. The molecule has 9 heteroatoms. The van der Waals surface area contributed by atoms with Crippen LogP contribution in [0.1, 0.15) is 44.8 Å². The van der Waals surface area contributed by atoms with Gasteiger partial charge in [-0.1, -0.05) is 0 Å². The van der Waals surface area contributed by atoms with Crippen molar-refractivity contribution in [2.75, 3.05) is 19.6 Å². The number of carbonyl (C=O) groups excluding carboxylic acids is 1. The third-order valence-electron chi connectivity index (χ3n) is 4.45. The first-order valence-corrected chi connectivity index (χ1v) is 9.37. The van der Waals surface area contributed by atoms with Crippen LogP contribution in [0.25, 0.3) is 0 Å². The molecule has 0 atom stereocenters. The molecule has 0 aromatic carbocycles. The number of carbonyl (C=O) groups is 1. The summed E-state index contributed by atoms with van der Waals surface area (Å²) < 4.78 is 1.72. The van der Waals surface area contributed by atoms with Gasteiger partial charge in [-0.2, -0.15) is 0 Å². The maximum atomic E-state index is 12.8. The van der Waals surface area contributed by atoms with Crippen LogP contribution < -0.4 is 16.2 Å². The zero-order valence-electron chi connectivity index (χ0n) is 14.9. The van der Waals surface area contributed by atoms with Crippen molar-refractivity contribution >= 4 is 29.7 Å². The number of nitrogens with one attached hydrogen (secondary N) is 2. The van der Waals surface area contributed by atoms with E-state index in [1.165, 1.54) is 11.3 Å². The number of nitrogens with zero attached hydrogens (tertiary/aromatic N) is 3. The van der Waals surface area contributed by atoms with Gasteiger partial charge in [0.25, 0.3) is 11.5 Å². The smallest absolute Gasteiger partial charge is 0.263 e. The molecule has 0 aliphatic carbocycles. The van der Waals surface area contributed by atoms with Crippen molar-refractivity contribution < 1.29 is 4.79 Å². The average molecular weight is 398 g/mol. The van der Waals surface area contributed by atoms with Crippen molar-refractivity contribution in [1.29, 1.82) is 0 Å². The van der Waals surface area contributed by atoms with Gasteiger partial charge in [0, 0.05) is 25.2 Å². The molecule has 1 aliphatic heterocycles. The summed E-state index contributed by atoms with van der Waals surface area (Å²) in [6.07, 6.45) is 4.24. The molecule has 3 heterocycles. The fourth-order valence-electron chi connectivity index (χ4n) is 3.10. The van der Waals surface area contributed by atoms with Crippen LogP contribution in [-0.4, -0.2) is 40.3 Å². The standard InChI is InChI=1S/C17H23N5O2S.ClH/c1-11-6-10-22(13-3-7-18-8-4-13)17(24)15(11)16(23)19-9-5-14-21-20-12(2)25-14;/h6,10,13,18H,3-5,7-9H2,1-2H3,(H,19,23);1H. The zero-order valence-corrected chi connectivity index (χ0v) is 16.6. The third-order valence-corrected chi connectivity index (χ3v) is 5.35. The first-order chi connectivity index (χ1) is 12.1. The van der Waals surface area contributed by atoms with Crippen LogP contribution in [0, 0.1) is 13.8 Å². The van der Waals surface area contributed by atoms with E-state index in [2.05, 4.69) is 20.8 Å². The number of rotatable bonds is 5. The Morgan fingerprint density at radius 2 is 2.08 bits per heavy atom. The highest BCUT2D eigenvalue weighted by Crippen LogP contribution is 2.17. The Morgan fingerprint density at radius 3 is 2.73 bits per heavy atom. The molecule has 0 spiro atoms. The Bertz CT molecular complexity index is 814. The van der Waals surface area contributed by atoms with Gasteiger partial charge in [-0.3, -0.25) is 9.59 Å². The summed E-state index contributed by atoms with van der Waals surface area (Å²) in [6.45, 7) is 5.93. The summed E-state index contributed by atoms with van der Waals surface area (Å²) in [5.41, 5.74) is 0.755. The lowest BCUT2D eigenvalue weighted by Gasteiger charge is -2.25. The maximum absolute atomic E-state index is 12.8. The van der Waals surface area contributed by atoms with E-state index in [4.69, 9.17) is 0 Å². The maximum Gasteiger partial charge on any atom is 0.263 e. The van der Waals surface area contributed by atoms with Gasteiger partial charge in [0.15, 0.2) is 0 Å². The van der Waals surface area contributed by atoms with E-state index in [1.807, 2.05) is 19.2 Å². The Labute approximate surface area is 162 Å². The van der Waals surface area contributed by atoms with Crippen LogP contribution in [0.5, 0.6) is 0 Å². The number of piperidine rings is 1. The van der Waals surface area contributed by atoms with E-state index >= 15 is 0 Å². The third kappa shape index (κ3) is 4.69. The molecule has 2 aromatic rings. The molecule has 3 rings (SSSR count). The molecule has 0 saturated carbocycles. The summed E-state index contributed by atoms with van der Waals surface area (Å²) in [5.74, 6) is -0.313. The van der Waals surface area contributed by atoms with Gasteiger partial charge >= 0.3 is 0 Å². The highest BCUT2D eigenvalue weighted by atomic mass is 35.5. The molecule has 26 heavy (non-hydrogen) atoms. The van der Waals surface area contributed by atoms with E-state index in [0.29, 0.717) is 18.5 Å². The number of aromatic nitrogens is 3. The molecule has 1 fully saturated rings. The molecule has 2 aromatic heterocycles. The van der Waals surface area contributed by atoms with E-state index in [-0.39, 0.29) is 35.5 Å². The second-order valence-electron chi connectivity index (χ2n) is 6.29. The van der Waals surface area contributed by atoms with Gasteiger partial charge in [-0.05, 0) is 51.4 Å². The second-order valence-corrected chi connectivity index (χ2v) is 7.55. The van der Waals surface area contributed by atoms with Crippen molar-refractivity contribution in [2.24, 2.45) is 0 Å². The van der Waals surface area contributed by atoms with E-state index in [0.717, 1.165) is 35.9 Å². The summed E-state index contributed by atoms with van der Waals surface area (Å²) in [7, 11) is 0. The molecule has 142 valence electrons. The van der Waals surface area contributed by atoms with Crippen LogP contribution in [0.3, 0.4) is 0 Å². The van der Waals surface area contributed by atoms with Gasteiger partial charge in [0.1, 0.15) is 15.6 Å². The SMILES string of the molecule is Cc1nnc(CCNC(=O)c2c(C)ccn(C3CCNCC3)c2=O)s1.Cl. The fourth-order valence-corrected chi connectivity index (χ4v) is 3.81. The van der Waals surface area contributed by atoms with Crippen LogP contribution in [0.4, 0.5) is 0 Å². The van der Waals surface area contributed by atoms with Crippen LogP contribution in [0.15, 0.2) is 17.1 Å². The summed E-state index contributed by atoms with van der Waals surface area (Å²) in [6, 6.07) is 2.01. The predicted octanol–water partition coefficient (Wildman–Crippen LogP) is 1.64. The average Bonchev–Trinajstić information content (AvgIpc) is 3.01. The zero-order chi connectivity index (χ0) is 17.8. The minimum Gasteiger partial charge on any atom is -0.351 e. The summed E-state index contributed by atoms with van der Waals surface area (Å²) >= 11 is 1.52. The van der Waals surface area contributed by atoms with Crippen LogP contribution in [-0.2, 0) is 6.42 Å². The second kappa shape index (κ2) is 9.25. The lowest BCUT2D eigenvalue weighted by atomic mass is 10.0. The quantitative estimate of drug-likeness (QED) is 0.800. The van der Waals surface area contributed by atoms with Gasteiger partial charge in [-0.15, -0.1) is 33.9 Å². The first-order valence-electron chi connectivity index (χ1n) is 8.56. The molecule has 7 nitrogen and oxygen atoms in total. The highest BCUT2D eigenvalue weighted by molar-refractivity contribution is 7.11. The van der Waals surface area contributed by atoms with E-state index in [1.54, 1.807) is 11.5 Å². The van der Waals surface area contributed by atoms with Crippen LogP contribution in [0.2, 0.25) is 0 Å². The molecule has 0 bridgehead atoms. The Hall–Kier alpha value is -1.77. The molecule has 0 unspecified atom stereocenters. The normalized spacial score (nSPS) is 14.7. The van der Waals surface area contributed by atoms with Crippen molar-refractivity contribution in [3.05, 3.63) is 43.8 Å². The van der Waals surface area contributed by atoms with Gasteiger partial charge in [0.2, 0.25) is 0 Å². The number of hydrogen-bond acceptors (Lipinski definition) is 6. The minimum absolute atomic E-state index is 0. The van der Waals surface area contributed by atoms with Crippen molar-refractivity contribution in [2.45, 2.75) is 39.2 Å². The number of pyridine rings is 1. The monoisotopic (exact) mass is 397 g/mol. The van der Waals surface area contributed by atoms with Crippen molar-refractivity contribution in [3.63, 3.8) is 0 Å². The molecule has 1 aliphatic rings. The fraction of sp³-hybridized carbons (Fsp3) is 0.529. The first kappa shape index (κ1) is 20.5. The Kier molecular flexibility index (Phi) is 7.31. The number of halogens is 1. The number of hydrogen-bond donors (Lipinski definition) is 2. The molecule has 2 N–H and O–H groups in total. The van der Waals surface area contributed by atoms with E-state index < -0.39 is 0 Å². The van der Waals surface area contributed by atoms with Crippen molar-refractivity contribution in [3.8, 4) is 0 Å². The Morgan fingerprint density at radius 1 is 1.35 bits per heavy atom. The van der Waals surface area contributed by atoms with Crippen LogP contribution >= 0.6 is 23.7 Å². The minimum atomic E-state index is -0.313. The lowest BCUT2D eigenvalue weighted by Crippen LogP contribution is -2.38. The lowest BCUT2D eigenvalue weighted by molar-refractivity contribution is 0.0951. The molecular weight excluding hydrogens is 374 g/mol. The highest BCUT2D eigenvalue weighted by Gasteiger charge is 2.21. The number of aryl methyl sites for hydroxylation is 2. The molecule has 1 saturated heterocycles. The topological polar surface area (TPSA) is 88.9 Å². The largest absolute Gasteiger partial charge is 0.351 e. The summed E-state index contributed by atoms with van der Waals surface area (Å²) in [5, 5.41) is 15.9. The van der Waals surface area contributed by atoms with Gasteiger partial charge in [-0.25, -0.2) is 0 Å². The molecule has 1 amide bonds.